The first kappa shape index (κ1) is 18.6. The Morgan fingerprint density at radius 1 is 1.25 bits per heavy atom. The van der Waals surface area contributed by atoms with Gasteiger partial charge in [0.05, 0.1) is 27.7 Å². The fraction of sp³-hybridized carbons (Fsp3) is 0.350. The lowest BCUT2D eigenvalue weighted by Crippen LogP contribution is -2.13. The highest BCUT2D eigenvalue weighted by molar-refractivity contribution is 7.92. The maximum atomic E-state index is 12.3. The van der Waals surface area contributed by atoms with Crippen LogP contribution in [0.3, 0.4) is 0 Å². The van der Waals surface area contributed by atoms with Crippen molar-refractivity contribution in [3.05, 3.63) is 36.7 Å². The summed E-state index contributed by atoms with van der Waals surface area (Å²) >= 11 is 0. The lowest BCUT2D eigenvalue weighted by atomic mass is 10.1. The van der Waals surface area contributed by atoms with Crippen molar-refractivity contribution in [3.63, 3.8) is 0 Å². The van der Waals surface area contributed by atoms with Crippen LogP contribution < -0.4 is 5.32 Å². The van der Waals surface area contributed by atoms with Gasteiger partial charge in [0.2, 0.25) is 5.91 Å². The Bertz CT molecular complexity index is 1130. The molecule has 3 aromatic rings. The van der Waals surface area contributed by atoms with E-state index < -0.39 is 15.1 Å². The van der Waals surface area contributed by atoms with Crippen molar-refractivity contribution in [1.82, 2.24) is 15.0 Å². The topological polar surface area (TPSA) is 105 Å². The molecule has 8 heteroatoms. The zero-order chi connectivity index (χ0) is 19.9. The summed E-state index contributed by atoms with van der Waals surface area (Å²) in [5.41, 5.74) is 3.14. The van der Waals surface area contributed by atoms with E-state index >= 15 is 0 Å². The van der Waals surface area contributed by atoms with Gasteiger partial charge in [0.25, 0.3) is 0 Å². The summed E-state index contributed by atoms with van der Waals surface area (Å²) < 4.78 is 24.6. The number of rotatable bonds is 6. The van der Waals surface area contributed by atoms with Crippen LogP contribution in [-0.2, 0) is 14.6 Å². The molecule has 0 aliphatic heterocycles. The van der Waals surface area contributed by atoms with Crippen molar-refractivity contribution in [2.75, 3.05) is 5.32 Å². The van der Waals surface area contributed by atoms with Crippen LogP contribution in [0.25, 0.3) is 22.4 Å². The molecule has 0 atom stereocenters. The lowest BCUT2D eigenvalue weighted by Gasteiger charge is -2.08. The second-order valence-electron chi connectivity index (χ2n) is 7.47. The van der Waals surface area contributed by atoms with E-state index in [1.54, 1.807) is 50.5 Å². The van der Waals surface area contributed by atoms with Crippen molar-refractivity contribution < 1.29 is 13.2 Å². The number of amides is 1. The summed E-state index contributed by atoms with van der Waals surface area (Å²) in [5, 5.41) is 2.43. The van der Waals surface area contributed by atoms with Crippen molar-refractivity contribution >= 4 is 32.6 Å². The van der Waals surface area contributed by atoms with Crippen molar-refractivity contribution in [1.29, 1.82) is 0 Å². The van der Waals surface area contributed by atoms with Gasteiger partial charge in [-0.05, 0) is 44.7 Å². The monoisotopic (exact) mass is 398 g/mol. The fourth-order valence-electron chi connectivity index (χ4n) is 3.00. The molecule has 146 valence electrons. The molecule has 0 saturated heterocycles. The predicted molar refractivity (Wildman–Crippen MR) is 108 cm³/mol. The average molecular weight is 398 g/mol. The molecule has 1 aliphatic rings. The maximum absolute atomic E-state index is 12.3. The number of sulfone groups is 1. The normalized spacial score (nSPS) is 14.5. The first-order valence-corrected chi connectivity index (χ1v) is 10.9. The van der Waals surface area contributed by atoms with Gasteiger partial charge in [-0.25, -0.2) is 18.4 Å². The minimum atomic E-state index is -3.32. The summed E-state index contributed by atoms with van der Waals surface area (Å²) in [6.45, 7) is 3.32. The molecule has 1 saturated carbocycles. The third-order valence-electron chi connectivity index (χ3n) is 4.93. The van der Waals surface area contributed by atoms with Crippen LogP contribution in [-0.4, -0.2) is 34.5 Å². The number of nitrogens with one attached hydrogen (secondary N) is 2. The number of aromatic amines is 1. The second-order valence-corrected chi connectivity index (χ2v) is 9.97. The summed E-state index contributed by atoms with van der Waals surface area (Å²) in [7, 11) is -3.32. The van der Waals surface area contributed by atoms with Crippen molar-refractivity contribution in [2.45, 2.75) is 43.3 Å². The van der Waals surface area contributed by atoms with Crippen LogP contribution in [0.1, 0.15) is 33.1 Å². The number of carbonyl (C=O) groups is 1. The number of H-pyrrole nitrogens is 1. The molecule has 4 rings (SSSR count). The molecule has 1 fully saturated rings. The van der Waals surface area contributed by atoms with Crippen LogP contribution in [0.4, 0.5) is 5.69 Å². The Kier molecular flexibility index (Phi) is 4.66. The van der Waals surface area contributed by atoms with Crippen LogP contribution in [0.15, 0.2) is 41.6 Å². The van der Waals surface area contributed by atoms with Gasteiger partial charge in [0, 0.05) is 18.2 Å². The third-order valence-corrected chi connectivity index (χ3v) is 7.10. The third kappa shape index (κ3) is 3.64. The first-order valence-electron chi connectivity index (χ1n) is 9.33. The molecule has 0 bridgehead atoms. The fourth-order valence-corrected chi connectivity index (χ4v) is 4.06. The number of hydrogen-bond acceptors (Lipinski definition) is 5. The van der Waals surface area contributed by atoms with E-state index in [1.165, 1.54) is 0 Å². The molecule has 1 amide bonds. The number of benzene rings is 1. The molecule has 2 heterocycles. The number of nitrogens with zero attached hydrogens (tertiary/aromatic N) is 2. The number of hydrogen-bond donors (Lipinski definition) is 2. The standard InChI is InChI=1S/C20H22N4O3S/c1-12(2)28(26,27)15-7-5-14(6-8-15)16-10-21-20-19(24-16)17(11-22-20)23-18(25)9-13-3-4-13/h5-8,10-13H,3-4,9H2,1-2H3,(H,21,22)(H,23,25). The molecule has 2 N–H and O–H groups in total. The van der Waals surface area contributed by atoms with E-state index in [9.17, 15) is 13.2 Å². The summed E-state index contributed by atoms with van der Waals surface area (Å²) in [6, 6.07) is 6.63. The lowest BCUT2D eigenvalue weighted by molar-refractivity contribution is -0.116. The van der Waals surface area contributed by atoms with Gasteiger partial charge >= 0.3 is 0 Å². The van der Waals surface area contributed by atoms with Gasteiger partial charge in [0.1, 0.15) is 5.52 Å². The van der Waals surface area contributed by atoms with E-state index in [0.717, 1.165) is 18.4 Å². The smallest absolute Gasteiger partial charge is 0.224 e. The van der Waals surface area contributed by atoms with E-state index in [0.29, 0.717) is 34.9 Å². The van der Waals surface area contributed by atoms with Gasteiger partial charge < -0.3 is 10.3 Å². The Morgan fingerprint density at radius 2 is 1.96 bits per heavy atom. The molecule has 2 aromatic heterocycles. The van der Waals surface area contributed by atoms with Crippen LogP contribution in [0.2, 0.25) is 0 Å². The number of aromatic nitrogens is 3. The van der Waals surface area contributed by atoms with Crippen LogP contribution in [0, 0.1) is 5.92 Å². The van der Waals surface area contributed by atoms with Gasteiger partial charge in [-0.15, -0.1) is 0 Å². The number of fused-ring (bicyclic) bond motifs is 1. The van der Waals surface area contributed by atoms with Crippen LogP contribution in [0.5, 0.6) is 0 Å². The molecule has 7 nitrogen and oxygen atoms in total. The van der Waals surface area contributed by atoms with Crippen molar-refractivity contribution in [2.24, 2.45) is 5.92 Å². The summed E-state index contributed by atoms with van der Waals surface area (Å²) in [6.07, 6.45) is 6.09. The predicted octanol–water partition coefficient (Wildman–Crippen LogP) is 3.55. The highest BCUT2D eigenvalue weighted by atomic mass is 32.2. The van der Waals surface area contributed by atoms with Gasteiger partial charge in [-0.1, -0.05) is 12.1 Å². The molecular formula is C20H22N4O3S. The zero-order valence-corrected chi connectivity index (χ0v) is 16.6. The maximum Gasteiger partial charge on any atom is 0.224 e. The zero-order valence-electron chi connectivity index (χ0n) is 15.8. The molecule has 1 aliphatic carbocycles. The minimum absolute atomic E-state index is 0.0150. The van der Waals surface area contributed by atoms with Crippen molar-refractivity contribution in [3.8, 4) is 11.3 Å². The molecule has 0 radical (unpaired) electrons. The van der Waals surface area contributed by atoms with E-state index in [4.69, 9.17) is 0 Å². The SMILES string of the molecule is CC(C)S(=O)(=O)c1ccc(-c2cnc3[nH]cc(NC(=O)CC4CC4)c3n2)cc1. The van der Waals surface area contributed by atoms with Gasteiger partial charge in [0.15, 0.2) is 15.5 Å². The Labute approximate surface area is 163 Å². The summed E-state index contributed by atoms with van der Waals surface area (Å²) in [5.74, 6) is 0.492. The molecular weight excluding hydrogens is 376 g/mol. The Hall–Kier alpha value is -2.74. The molecule has 1 aromatic carbocycles. The van der Waals surface area contributed by atoms with Gasteiger partial charge in [-0.2, -0.15) is 0 Å². The van der Waals surface area contributed by atoms with Gasteiger partial charge in [-0.3, -0.25) is 4.79 Å². The van der Waals surface area contributed by atoms with E-state index in [1.807, 2.05) is 0 Å². The Balaban J connectivity index is 1.62. The average Bonchev–Trinajstić information content (AvgIpc) is 3.40. The second kappa shape index (κ2) is 7.01. The highest BCUT2D eigenvalue weighted by Crippen LogP contribution is 2.33. The first-order chi connectivity index (χ1) is 13.3. The molecule has 0 spiro atoms. The highest BCUT2D eigenvalue weighted by Gasteiger charge is 2.25. The van der Waals surface area contributed by atoms with E-state index in [2.05, 4.69) is 20.3 Å². The molecule has 0 unspecified atom stereocenters. The van der Waals surface area contributed by atoms with E-state index in [-0.39, 0.29) is 10.8 Å². The molecule has 28 heavy (non-hydrogen) atoms. The summed E-state index contributed by atoms with van der Waals surface area (Å²) in [4.78, 5) is 24.4. The quantitative estimate of drug-likeness (QED) is 0.661. The Morgan fingerprint density at radius 3 is 2.61 bits per heavy atom. The van der Waals surface area contributed by atoms with Crippen LogP contribution >= 0.6 is 0 Å². The number of anilines is 1. The largest absolute Gasteiger partial charge is 0.343 e. The number of carbonyl (C=O) groups excluding carboxylic acids is 1. The minimum Gasteiger partial charge on any atom is -0.343 e.